The van der Waals surface area contributed by atoms with E-state index in [1.165, 1.54) is 0 Å². The Balaban J connectivity index is 2.83. The smallest absolute Gasteiger partial charge is 0.101 e. The molecule has 0 saturated carbocycles. The Morgan fingerprint density at radius 1 is 1.71 bits per heavy atom. The maximum atomic E-state index is 8.47. The average Bonchev–Trinajstić information content (AvgIpc) is 1.68. The van der Waals surface area contributed by atoms with Gasteiger partial charge in [0.1, 0.15) is 6.10 Å². The van der Waals surface area contributed by atoms with E-state index in [2.05, 4.69) is 4.52 Å². The molecule has 0 bridgehead atoms. The molecule has 0 fully saturated rings. The van der Waals surface area contributed by atoms with Gasteiger partial charge in [0.05, 0.1) is 13.2 Å². The first kappa shape index (κ1) is 7.31. The normalized spacial score (nSPS) is 14.1. The van der Waals surface area contributed by atoms with Crippen LogP contribution in [0.3, 0.4) is 0 Å². The lowest BCUT2D eigenvalue weighted by molar-refractivity contribution is 0.0598. The maximum Gasteiger partial charge on any atom is 0.101 e. The van der Waals surface area contributed by atoms with Crippen LogP contribution in [-0.2, 0) is 4.52 Å². The van der Waals surface area contributed by atoms with Gasteiger partial charge in [0, 0.05) is 9.47 Å². The summed E-state index contributed by atoms with van der Waals surface area (Å²) in [6.45, 7) is -0.0738. The van der Waals surface area contributed by atoms with E-state index in [0.717, 1.165) is 0 Å². The minimum Gasteiger partial charge on any atom is -0.394 e. The molecule has 0 aliphatic carbocycles. The standard InChI is InChI=1S/C3H9O3P/c4-1-3(5)2-6-7/h3-5H,1-2,7H2. The first-order valence-corrected chi connectivity index (χ1v) is 2.39. The Morgan fingerprint density at radius 2 is 2.29 bits per heavy atom. The van der Waals surface area contributed by atoms with Crippen LogP contribution >= 0.6 is 9.47 Å². The molecule has 0 aromatic heterocycles. The summed E-state index contributed by atoms with van der Waals surface area (Å²) in [5.41, 5.74) is 0. The number of aliphatic hydroxyl groups is 2. The van der Waals surface area contributed by atoms with Crippen molar-refractivity contribution in [3.8, 4) is 0 Å². The van der Waals surface area contributed by atoms with Gasteiger partial charge in [-0.1, -0.05) is 0 Å². The molecule has 44 valence electrons. The summed E-state index contributed by atoms with van der Waals surface area (Å²) < 4.78 is 4.40. The van der Waals surface area contributed by atoms with Crippen molar-refractivity contribution in [3.05, 3.63) is 0 Å². The van der Waals surface area contributed by atoms with Crippen LogP contribution in [0.2, 0.25) is 0 Å². The molecular formula is C3H9O3P. The van der Waals surface area contributed by atoms with Gasteiger partial charge in [-0.3, -0.25) is 0 Å². The van der Waals surface area contributed by atoms with E-state index < -0.39 is 6.10 Å². The zero-order valence-electron chi connectivity index (χ0n) is 3.87. The Hall–Kier alpha value is 0.310. The van der Waals surface area contributed by atoms with Crippen molar-refractivity contribution >= 4 is 9.47 Å². The van der Waals surface area contributed by atoms with Gasteiger partial charge in [0.25, 0.3) is 0 Å². The highest BCUT2D eigenvalue weighted by Gasteiger charge is 1.96. The molecule has 0 amide bonds. The highest BCUT2D eigenvalue weighted by atomic mass is 31.0. The number of aliphatic hydroxyl groups excluding tert-OH is 2. The van der Waals surface area contributed by atoms with Gasteiger partial charge in [-0.05, 0) is 0 Å². The third-order valence-corrected chi connectivity index (χ3v) is 0.692. The molecule has 0 heterocycles. The van der Waals surface area contributed by atoms with Crippen LogP contribution in [0.4, 0.5) is 0 Å². The van der Waals surface area contributed by atoms with E-state index in [0.29, 0.717) is 0 Å². The summed E-state index contributed by atoms with van der Waals surface area (Å²) in [4.78, 5) is 0. The highest BCUT2D eigenvalue weighted by molar-refractivity contribution is 7.09. The predicted octanol–water partition coefficient (Wildman–Crippen LogP) is -0.854. The van der Waals surface area contributed by atoms with Gasteiger partial charge in [-0.15, -0.1) is 0 Å². The average molecular weight is 124 g/mol. The third-order valence-electron chi connectivity index (χ3n) is 0.499. The van der Waals surface area contributed by atoms with Crippen LogP contribution in [0.1, 0.15) is 0 Å². The minimum absolute atomic E-state index is 0.168. The molecule has 0 radical (unpaired) electrons. The lowest BCUT2D eigenvalue weighted by atomic mass is 10.4. The lowest BCUT2D eigenvalue weighted by Crippen LogP contribution is -2.16. The van der Waals surface area contributed by atoms with E-state index in [4.69, 9.17) is 10.2 Å². The van der Waals surface area contributed by atoms with Crippen molar-refractivity contribution < 1.29 is 14.7 Å². The fourth-order valence-electron chi connectivity index (χ4n) is 0.164. The monoisotopic (exact) mass is 124 g/mol. The van der Waals surface area contributed by atoms with Crippen molar-refractivity contribution in [1.82, 2.24) is 0 Å². The van der Waals surface area contributed by atoms with Gasteiger partial charge in [0.15, 0.2) is 0 Å². The summed E-state index contributed by atoms with van der Waals surface area (Å²) in [6.07, 6.45) is -0.738. The maximum absolute atomic E-state index is 8.47. The van der Waals surface area contributed by atoms with Crippen molar-refractivity contribution in [3.63, 3.8) is 0 Å². The Morgan fingerprint density at radius 3 is 2.43 bits per heavy atom. The van der Waals surface area contributed by atoms with Crippen molar-refractivity contribution in [2.45, 2.75) is 6.10 Å². The second-order valence-corrected chi connectivity index (χ2v) is 1.50. The predicted molar refractivity (Wildman–Crippen MR) is 28.8 cm³/mol. The summed E-state index contributed by atoms with van der Waals surface area (Å²) in [5, 5.41) is 16.6. The summed E-state index contributed by atoms with van der Waals surface area (Å²) in [5.74, 6) is 0. The van der Waals surface area contributed by atoms with Gasteiger partial charge in [-0.2, -0.15) is 0 Å². The molecule has 0 spiro atoms. The van der Waals surface area contributed by atoms with Crippen LogP contribution in [0.15, 0.2) is 0 Å². The Labute approximate surface area is 44.6 Å². The molecule has 0 aliphatic heterocycles. The molecule has 2 N–H and O–H groups in total. The van der Waals surface area contributed by atoms with Crippen LogP contribution < -0.4 is 0 Å². The van der Waals surface area contributed by atoms with Crippen LogP contribution in [0.25, 0.3) is 0 Å². The van der Waals surface area contributed by atoms with Gasteiger partial charge in [0.2, 0.25) is 0 Å². The molecule has 0 aromatic carbocycles. The quantitative estimate of drug-likeness (QED) is 0.481. The van der Waals surface area contributed by atoms with E-state index in [1.807, 2.05) is 9.47 Å². The second-order valence-electron chi connectivity index (χ2n) is 1.17. The Kier molecular flexibility index (Phi) is 4.67. The fourth-order valence-corrected chi connectivity index (χ4v) is 0.386. The number of hydrogen-bond acceptors (Lipinski definition) is 3. The summed E-state index contributed by atoms with van der Waals surface area (Å²) in [7, 11) is 1.98. The minimum atomic E-state index is -0.738. The summed E-state index contributed by atoms with van der Waals surface area (Å²) in [6, 6.07) is 0. The molecule has 2 unspecified atom stereocenters. The first-order chi connectivity index (χ1) is 3.31. The molecule has 3 nitrogen and oxygen atoms in total. The van der Waals surface area contributed by atoms with Crippen molar-refractivity contribution in [2.24, 2.45) is 0 Å². The molecule has 7 heavy (non-hydrogen) atoms. The van der Waals surface area contributed by atoms with E-state index >= 15 is 0 Å². The fraction of sp³-hybridized carbons (Fsp3) is 1.00. The van der Waals surface area contributed by atoms with E-state index in [-0.39, 0.29) is 13.2 Å². The van der Waals surface area contributed by atoms with Crippen LogP contribution in [0.5, 0.6) is 0 Å². The second kappa shape index (κ2) is 4.47. The molecule has 2 atom stereocenters. The van der Waals surface area contributed by atoms with Crippen LogP contribution in [-0.4, -0.2) is 29.5 Å². The molecule has 0 saturated heterocycles. The Bertz CT molecular complexity index is 41.2. The van der Waals surface area contributed by atoms with Gasteiger partial charge >= 0.3 is 0 Å². The zero-order chi connectivity index (χ0) is 5.70. The van der Waals surface area contributed by atoms with Gasteiger partial charge in [-0.25, -0.2) is 0 Å². The lowest BCUT2D eigenvalue weighted by Gasteiger charge is -2.01. The first-order valence-electron chi connectivity index (χ1n) is 1.92. The van der Waals surface area contributed by atoms with Crippen molar-refractivity contribution in [1.29, 1.82) is 0 Å². The number of rotatable bonds is 3. The largest absolute Gasteiger partial charge is 0.394 e. The topological polar surface area (TPSA) is 49.7 Å². The van der Waals surface area contributed by atoms with Crippen LogP contribution in [0, 0.1) is 0 Å². The molecule has 4 heteroatoms. The zero-order valence-corrected chi connectivity index (χ0v) is 5.03. The third kappa shape index (κ3) is 4.16. The number of hydrogen-bond donors (Lipinski definition) is 2. The van der Waals surface area contributed by atoms with Gasteiger partial charge < -0.3 is 14.7 Å². The molecule has 0 rings (SSSR count). The van der Waals surface area contributed by atoms with Crippen molar-refractivity contribution in [2.75, 3.05) is 13.2 Å². The van der Waals surface area contributed by atoms with E-state index in [9.17, 15) is 0 Å². The molecule has 0 aliphatic rings. The highest BCUT2D eigenvalue weighted by Crippen LogP contribution is 1.87. The SMILES string of the molecule is OCC(O)COP. The van der Waals surface area contributed by atoms with E-state index in [1.54, 1.807) is 0 Å². The molecule has 0 aromatic rings. The molecular weight excluding hydrogens is 115 g/mol. The summed E-state index contributed by atoms with van der Waals surface area (Å²) >= 11 is 0.